The number of para-hydroxylation sites is 1. The van der Waals surface area contributed by atoms with Gasteiger partial charge in [0.2, 0.25) is 5.76 Å². The van der Waals surface area contributed by atoms with Crippen LogP contribution in [0.5, 0.6) is 0 Å². The number of esters is 1. The van der Waals surface area contributed by atoms with Gasteiger partial charge in [-0.1, -0.05) is 12.1 Å². The predicted molar refractivity (Wildman–Crippen MR) is 104 cm³/mol. The Balaban J connectivity index is 1.40. The van der Waals surface area contributed by atoms with Crippen LogP contribution in [0.1, 0.15) is 10.6 Å². The largest absolute Gasteiger partial charge is 0.450 e. The molecule has 0 spiro atoms. The van der Waals surface area contributed by atoms with E-state index in [1.165, 1.54) is 18.2 Å². The van der Waals surface area contributed by atoms with E-state index in [-0.39, 0.29) is 24.1 Å². The number of furan rings is 1. The number of fused-ring (bicyclic) bond motifs is 1. The highest BCUT2D eigenvalue weighted by Crippen LogP contribution is 2.34. The van der Waals surface area contributed by atoms with Crippen molar-refractivity contribution in [1.29, 1.82) is 0 Å². The second-order valence-electron chi connectivity index (χ2n) is 6.11. The first-order chi connectivity index (χ1) is 13.6. The molecule has 0 saturated carbocycles. The number of benzene rings is 2. The second kappa shape index (κ2) is 7.90. The predicted octanol–water partition coefficient (Wildman–Crippen LogP) is 4.38. The smallest absolute Gasteiger partial charge is 0.374 e. The van der Waals surface area contributed by atoms with Gasteiger partial charge in [0, 0.05) is 22.8 Å². The number of nitrogens with zero attached hydrogens (tertiary/aromatic N) is 1. The van der Waals surface area contributed by atoms with Gasteiger partial charge in [-0.3, -0.25) is 4.79 Å². The molecule has 5 nitrogen and oxygen atoms in total. The van der Waals surface area contributed by atoms with Crippen molar-refractivity contribution in [2.75, 3.05) is 23.8 Å². The summed E-state index contributed by atoms with van der Waals surface area (Å²) in [6.07, 6.45) is 0. The maximum Gasteiger partial charge on any atom is 0.374 e. The molecule has 4 rings (SSSR count). The molecule has 0 fully saturated rings. The van der Waals surface area contributed by atoms with Crippen LogP contribution < -0.4 is 4.90 Å². The standard InChI is InChI=1S/C21H16FNO4S/c22-15-7-5-14(6-8-15)17-9-10-18(27-17)21(25)26-13-20(24)23-11-12-28-19-4-2-1-3-16(19)23/h1-10H,11-13H2. The molecule has 1 amide bonds. The number of carbonyl (C=O) groups is 2. The topological polar surface area (TPSA) is 59.8 Å². The zero-order valence-electron chi connectivity index (χ0n) is 14.8. The van der Waals surface area contributed by atoms with Crippen molar-refractivity contribution in [2.24, 2.45) is 0 Å². The molecule has 0 aliphatic carbocycles. The number of amides is 1. The Morgan fingerprint density at radius 3 is 2.68 bits per heavy atom. The summed E-state index contributed by atoms with van der Waals surface area (Å²) in [5.74, 6) is -0.170. The summed E-state index contributed by atoms with van der Waals surface area (Å²) in [4.78, 5) is 27.4. The number of anilines is 1. The van der Waals surface area contributed by atoms with Gasteiger partial charge in [-0.25, -0.2) is 9.18 Å². The molecular formula is C21H16FNO4S. The SMILES string of the molecule is O=C(OCC(=O)N1CCSc2ccccc21)c1ccc(-c2ccc(F)cc2)o1. The Hall–Kier alpha value is -3.06. The van der Waals surface area contributed by atoms with Gasteiger partial charge in [0.25, 0.3) is 5.91 Å². The zero-order chi connectivity index (χ0) is 19.5. The van der Waals surface area contributed by atoms with Gasteiger partial charge in [-0.2, -0.15) is 0 Å². The third-order valence-electron chi connectivity index (χ3n) is 4.29. The van der Waals surface area contributed by atoms with Crippen LogP contribution in [0.15, 0.2) is 70.0 Å². The lowest BCUT2D eigenvalue weighted by Crippen LogP contribution is -2.38. The van der Waals surface area contributed by atoms with Crippen molar-refractivity contribution in [2.45, 2.75) is 4.90 Å². The molecule has 0 radical (unpaired) electrons. The Kier molecular flexibility index (Phi) is 5.16. The molecule has 28 heavy (non-hydrogen) atoms. The number of ether oxygens (including phenoxy) is 1. The van der Waals surface area contributed by atoms with E-state index in [0.717, 1.165) is 16.3 Å². The minimum absolute atomic E-state index is 0.0123. The van der Waals surface area contributed by atoms with E-state index < -0.39 is 5.97 Å². The van der Waals surface area contributed by atoms with Crippen LogP contribution >= 0.6 is 11.8 Å². The lowest BCUT2D eigenvalue weighted by Gasteiger charge is -2.28. The van der Waals surface area contributed by atoms with E-state index in [9.17, 15) is 14.0 Å². The molecule has 7 heteroatoms. The molecule has 2 heterocycles. The normalized spacial score (nSPS) is 13.1. The molecule has 1 aliphatic rings. The van der Waals surface area contributed by atoms with Gasteiger partial charge >= 0.3 is 5.97 Å². The number of carbonyl (C=O) groups excluding carboxylic acids is 2. The van der Waals surface area contributed by atoms with Gasteiger partial charge in [-0.05, 0) is 48.5 Å². The van der Waals surface area contributed by atoms with Crippen molar-refractivity contribution in [3.63, 3.8) is 0 Å². The fourth-order valence-electron chi connectivity index (χ4n) is 2.92. The number of halogens is 1. The zero-order valence-corrected chi connectivity index (χ0v) is 15.6. The summed E-state index contributed by atoms with van der Waals surface area (Å²) >= 11 is 1.69. The van der Waals surface area contributed by atoms with E-state index in [1.54, 1.807) is 34.9 Å². The fraction of sp³-hybridized carbons (Fsp3) is 0.143. The average molecular weight is 397 g/mol. The number of hydrogen-bond donors (Lipinski definition) is 0. The third kappa shape index (κ3) is 3.80. The molecule has 0 atom stereocenters. The number of hydrogen-bond acceptors (Lipinski definition) is 5. The molecular weight excluding hydrogens is 381 g/mol. The van der Waals surface area contributed by atoms with Crippen LogP contribution in [-0.4, -0.2) is 30.8 Å². The summed E-state index contributed by atoms with van der Waals surface area (Å²) in [5, 5.41) is 0. The van der Waals surface area contributed by atoms with Crippen molar-refractivity contribution in [3.8, 4) is 11.3 Å². The Morgan fingerprint density at radius 1 is 1.07 bits per heavy atom. The van der Waals surface area contributed by atoms with E-state index in [2.05, 4.69) is 0 Å². The van der Waals surface area contributed by atoms with Crippen LogP contribution in [-0.2, 0) is 9.53 Å². The molecule has 1 aromatic heterocycles. The minimum Gasteiger partial charge on any atom is -0.450 e. The first kappa shape index (κ1) is 18.3. The monoisotopic (exact) mass is 397 g/mol. The maximum atomic E-state index is 13.0. The van der Waals surface area contributed by atoms with E-state index in [0.29, 0.717) is 17.9 Å². The highest BCUT2D eigenvalue weighted by atomic mass is 32.2. The quantitative estimate of drug-likeness (QED) is 0.612. The molecule has 3 aromatic rings. The first-order valence-corrected chi connectivity index (χ1v) is 9.65. The summed E-state index contributed by atoms with van der Waals surface area (Å²) in [7, 11) is 0. The summed E-state index contributed by atoms with van der Waals surface area (Å²) < 4.78 is 23.6. The second-order valence-corrected chi connectivity index (χ2v) is 7.25. The average Bonchev–Trinajstić information content (AvgIpc) is 3.22. The van der Waals surface area contributed by atoms with Gasteiger partial charge in [0.05, 0.1) is 5.69 Å². The summed E-state index contributed by atoms with van der Waals surface area (Å²) in [6.45, 7) is 0.192. The third-order valence-corrected chi connectivity index (χ3v) is 5.34. The lowest BCUT2D eigenvalue weighted by molar-refractivity contribution is -0.121. The molecule has 0 N–H and O–H groups in total. The lowest BCUT2D eigenvalue weighted by atomic mass is 10.2. The molecule has 0 saturated heterocycles. The highest BCUT2D eigenvalue weighted by Gasteiger charge is 2.24. The van der Waals surface area contributed by atoms with Crippen molar-refractivity contribution >= 4 is 29.3 Å². The van der Waals surface area contributed by atoms with Crippen LogP contribution in [0, 0.1) is 5.82 Å². The van der Waals surface area contributed by atoms with Gasteiger partial charge in [0.1, 0.15) is 11.6 Å². The van der Waals surface area contributed by atoms with Crippen molar-refractivity contribution in [3.05, 3.63) is 72.2 Å². The Labute approximate surface area is 165 Å². The molecule has 2 aromatic carbocycles. The van der Waals surface area contributed by atoms with E-state index in [1.807, 2.05) is 24.3 Å². The molecule has 0 unspecified atom stereocenters. The van der Waals surface area contributed by atoms with Crippen molar-refractivity contribution < 1.29 is 23.1 Å². The van der Waals surface area contributed by atoms with E-state index >= 15 is 0 Å². The highest BCUT2D eigenvalue weighted by molar-refractivity contribution is 7.99. The molecule has 1 aliphatic heterocycles. The van der Waals surface area contributed by atoms with Crippen LogP contribution in [0.25, 0.3) is 11.3 Å². The van der Waals surface area contributed by atoms with Crippen LogP contribution in [0.2, 0.25) is 0 Å². The summed E-state index contributed by atoms with van der Waals surface area (Å²) in [5.41, 5.74) is 1.47. The molecule has 142 valence electrons. The minimum atomic E-state index is -0.721. The van der Waals surface area contributed by atoms with Crippen LogP contribution in [0.4, 0.5) is 10.1 Å². The van der Waals surface area contributed by atoms with Gasteiger partial charge in [-0.15, -0.1) is 11.8 Å². The molecule has 0 bridgehead atoms. The van der Waals surface area contributed by atoms with E-state index in [4.69, 9.17) is 9.15 Å². The van der Waals surface area contributed by atoms with Gasteiger partial charge < -0.3 is 14.1 Å². The summed E-state index contributed by atoms with van der Waals surface area (Å²) in [6, 6.07) is 16.4. The fourth-order valence-corrected chi connectivity index (χ4v) is 3.92. The van der Waals surface area contributed by atoms with Gasteiger partial charge in [0.15, 0.2) is 6.61 Å². The Bertz CT molecular complexity index is 1020. The number of rotatable bonds is 4. The Morgan fingerprint density at radius 2 is 1.86 bits per heavy atom. The van der Waals surface area contributed by atoms with Crippen molar-refractivity contribution in [1.82, 2.24) is 0 Å². The maximum absolute atomic E-state index is 13.0. The number of thioether (sulfide) groups is 1. The van der Waals surface area contributed by atoms with Crippen LogP contribution in [0.3, 0.4) is 0 Å². The first-order valence-electron chi connectivity index (χ1n) is 8.67.